The topological polar surface area (TPSA) is 51.5 Å². The molecule has 0 aliphatic carbocycles. The van der Waals surface area contributed by atoms with Crippen LogP contribution in [0.1, 0.15) is 23.8 Å². The number of rotatable bonds is 6. The van der Waals surface area contributed by atoms with Crippen molar-refractivity contribution in [2.75, 3.05) is 13.2 Å². The number of aryl methyl sites for hydroxylation is 1. The van der Waals surface area contributed by atoms with Crippen LogP contribution in [0.3, 0.4) is 0 Å². The van der Waals surface area contributed by atoms with Crippen molar-refractivity contribution in [3.05, 3.63) is 21.5 Å². The van der Waals surface area contributed by atoms with Crippen LogP contribution in [0, 0.1) is 3.57 Å². The molecule has 1 rings (SSSR count). The summed E-state index contributed by atoms with van der Waals surface area (Å²) in [5.41, 5.74) is 0.343. The van der Waals surface area contributed by atoms with Gasteiger partial charge in [0, 0.05) is 29.5 Å². The van der Waals surface area contributed by atoms with Crippen LogP contribution in [0.15, 0.2) is 12.3 Å². The minimum atomic E-state index is -0.880. The van der Waals surface area contributed by atoms with Gasteiger partial charge in [-0.15, -0.1) is 0 Å². The van der Waals surface area contributed by atoms with E-state index in [4.69, 9.17) is 9.84 Å². The zero-order valence-electron chi connectivity index (χ0n) is 8.57. The third-order valence-corrected chi connectivity index (χ3v) is 2.56. The highest BCUT2D eigenvalue weighted by atomic mass is 127. The molecule has 0 aliphatic heterocycles. The van der Waals surface area contributed by atoms with Crippen LogP contribution in [0.25, 0.3) is 0 Å². The molecule has 15 heavy (non-hydrogen) atoms. The number of nitrogens with zero attached hydrogens (tertiary/aromatic N) is 1. The molecule has 0 radical (unpaired) electrons. The fourth-order valence-corrected chi connectivity index (χ4v) is 1.95. The molecule has 0 saturated carbocycles. The lowest BCUT2D eigenvalue weighted by Gasteiger charge is -2.05. The van der Waals surface area contributed by atoms with E-state index < -0.39 is 5.97 Å². The Kier molecular flexibility index (Phi) is 5.10. The van der Waals surface area contributed by atoms with Crippen molar-refractivity contribution in [3.8, 4) is 0 Å². The lowest BCUT2D eigenvalue weighted by atomic mass is 10.4. The van der Waals surface area contributed by atoms with Crippen LogP contribution in [-0.4, -0.2) is 28.9 Å². The second kappa shape index (κ2) is 6.12. The molecule has 0 unspecified atom stereocenters. The van der Waals surface area contributed by atoms with Crippen LogP contribution in [0.4, 0.5) is 0 Å². The SMILES string of the molecule is CCOCCCn1cc(I)cc1C(=O)O. The number of hydrogen-bond donors (Lipinski definition) is 1. The Morgan fingerprint density at radius 1 is 1.67 bits per heavy atom. The number of carbonyl (C=O) groups is 1. The number of hydrogen-bond acceptors (Lipinski definition) is 2. The van der Waals surface area contributed by atoms with E-state index in [0.717, 1.165) is 9.99 Å². The summed E-state index contributed by atoms with van der Waals surface area (Å²) in [4.78, 5) is 10.9. The van der Waals surface area contributed by atoms with E-state index in [1.807, 2.05) is 13.1 Å². The normalized spacial score (nSPS) is 10.5. The number of carboxylic acid groups (broad SMARTS) is 1. The smallest absolute Gasteiger partial charge is 0.352 e. The van der Waals surface area contributed by atoms with E-state index in [-0.39, 0.29) is 0 Å². The van der Waals surface area contributed by atoms with E-state index in [1.54, 1.807) is 10.6 Å². The van der Waals surface area contributed by atoms with E-state index in [2.05, 4.69) is 22.6 Å². The Balaban J connectivity index is 2.55. The Morgan fingerprint density at radius 2 is 2.40 bits per heavy atom. The van der Waals surface area contributed by atoms with Crippen LogP contribution in [0.5, 0.6) is 0 Å². The molecular formula is C10H14INO3. The van der Waals surface area contributed by atoms with Gasteiger partial charge < -0.3 is 14.4 Å². The van der Waals surface area contributed by atoms with Crippen LogP contribution < -0.4 is 0 Å². The largest absolute Gasteiger partial charge is 0.477 e. The van der Waals surface area contributed by atoms with Gasteiger partial charge in [-0.25, -0.2) is 4.79 Å². The van der Waals surface area contributed by atoms with Gasteiger partial charge in [0.05, 0.1) is 0 Å². The average molecular weight is 323 g/mol. The van der Waals surface area contributed by atoms with Gasteiger partial charge in [0.15, 0.2) is 0 Å². The van der Waals surface area contributed by atoms with Crippen molar-refractivity contribution in [3.63, 3.8) is 0 Å². The lowest BCUT2D eigenvalue weighted by molar-refractivity contribution is 0.0683. The van der Waals surface area contributed by atoms with E-state index in [0.29, 0.717) is 25.5 Å². The van der Waals surface area contributed by atoms with E-state index in [9.17, 15) is 4.79 Å². The number of ether oxygens (including phenoxy) is 1. The van der Waals surface area contributed by atoms with Gasteiger partial charge in [0.1, 0.15) is 5.69 Å². The summed E-state index contributed by atoms with van der Waals surface area (Å²) in [7, 11) is 0. The van der Waals surface area contributed by atoms with E-state index in [1.165, 1.54) is 0 Å². The first-order valence-electron chi connectivity index (χ1n) is 4.82. The molecular weight excluding hydrogens is 309 g/mol. The summed E-state index contributed by atoms with van der Waals surface area (Å²) in [6.45, 7) is 4.01. The summed E-state index contributed by atoms with van der Waals surface area (Å²) in [6.07, 6.45) is 2.68. The molecule has 1 N–H and O–H groups in total. The molecule has 1 heterocycles. The first-order valence-corrected chi connectivity index (χ1v) is 5.89. The van der Waals surface area contributed by atoms with Crippen LogP contribution in [-0.2, 0) is 11.3 Å². The van der Waals surface area contributed by atoms with Gasteiger partial charge in [-0.05, 0) is 42.0 Å². The first-order chi connectivity index (χ1) is 7.15. The third-order valence-electron chi connectivity index (χ3n) is 1.97. The Labute approximate surface area is 102 Å². The molecule has 0 bridgehead atoms. The summed E-state index contributed by atoms with van der Waals surface area (Å²) in [6, 6.07) is 1.67. The van der Waals surface area contributed by atoms with Gasteiger partial charge >= 0.3 is 5.97 Å². The predicted molar refractivity (Wildman–Crippen MR) is 65.2 cm³/mol. The summed E-state index contributed by atoms with van der Waals surface area (Å²) in [5, 5.41) is 8.93. The van der Waals surface area contributed by atoms with Gasteiger partial charge in [-0.2, -0.15) is 0 Å². The van der Waals surface area contributed by atoms with Crippen molar-refractivity contribution in [1.29, 1.82) is 0 Å². The molecule has 0 aromatic carbocycles. The third kappa shape index (κ3) is 3.83. The average Bonchev–Trinajstić information content (AvgIpc) is 2.55. The number of aromatic carboxylic acids is 1. The molecule has 0 fully saturated rings. The second-order valence-corrected chi connectivity index (χ2v) is 4.34. The monoisotopic (exact) mass is 323 g/mol. The highest BCUT2D eigenvalue weighted by molar-refractivity contribution is 14.1. The highest BCUT2D eigenvalue weighted by Crippen LogP contribution is 2.11. The molecule has 0 aliphatic rings. The fraction of sp³-hybridized carbons (Fsp3) is 0.500. The molecule has 0 amide bonds. The predicted octanol–water partition coefficient (Wildman–Crippen LogP) is 2.22. The van der Waals surface area contributed by atoms with Crippen molar-refractivity contribution >= 4 is 28.6 Å². The van der Waals surface area contributed by atoms with Crippen molar-refractivity contribution < 1.29 is 14.6 Å². The van der Waals surface area contributed by atoms with Crippen LogP contribution >= 0.6 is 22.6 Å². The maximum Gasteiger partial charge on any atom is 0.352 e. The number of carboxylic acids is 1. The Bertz CT molecular complexity index is 335. The van der Waals surface area contributed by atoms with Crippen molar-refractivity contribution in [2.45, 2.75) is 19.9 Å². The van der Waals surface area contributed by atoms with Gasteiger partial charge in [0.2, 0.25) is 0 Å². The first kappa shape index (κ1) is 12.5. The minimum Gasteiger partial charge on any atom is -0.477 e. The summed E-state index contributed by atoms with van der Waals surface area (Å²) < 4.78 is 7.90. The minimum absolute atomic E-state index is 0.343. The maximum absolute atomic E-state index is 10.9. The van der Waals surface area contributed by atoms with Gasteiger partial charge in [-0.3, -0.25) is 0 Å². The maximum atomic E-state index is 10.9. The quantitative estimate of drug-likeness (QED) is 0.645. The standard InChI is InChI=1S/C10H14INO3/c1-2-15-5-3-4-12-7-8(11)6-9(12)10(13)14/h6-7H,2-5H2,1H3,(H,13,14). The zero-order valence-corrected chi connectivity index (χ0v) is 10.7. The summed E-state index contributed by atoms with van der Waals surface area (Å²) >= 11 is 2.11. The molecule has 0 saturated heterocycles. The molecule has 0 spiro atoms. The van der Waals surface area contributed by atoms with Crippen LogP contribution in [0.2, 0.25) is 0 Å². The number of halogens is 1. The molecule has 1 aromatic rings. The van der Waals surface area contributed by atoms with Gasteiger partial charge in [0.25, 0.3) is 0 Å². The Morgan fingerprint density at radius 3 is 3.00 bits per heavy atom. The molecule has 1 aromatic heterocycles. The molecule has 84 valence electrons. The zero-order chi connectivity index (χ0) is 11.3. The van der Waals surface area contributed by atoms with E-state index >= 15 is 0 Å². The van der Waals surface area contributed by atoms with Crippen molar-refractivity contribution in [2.24, 2.45) is 0 Å². The van der Waals surface area contributed by atoms with Gasteiger partial charge in [-0.1, -0.05) is 0 Å². The van der Waals surface area contributed by atoms with Crippen molar-refractivity contribution in [1.82, 2.24) is 4.57 Å². The molecule has 5 heteroatoms. The molecule has 0 atom stereocenters. The second-order valence-electron chi connectivity index (χ2n) is 3.09. The molecule has 4 nitrogen and oxygen atoms in total. The fourth-order valence-electron chi connectivity index (χ4n) is 1.32. The Hall–Kier alpha value is -0.560. The highest BCUT2D eigenvalue weighted by Gasteiger charge is 2.10. The summed E-state index contributed by atoms with van der Waals surface area (Å²) in [5.74, 6) is -0.880. The lowest BCUT2D eigenvalue weighted by Crippen LogP contribution is -2.09. The number of aromatic nitrogens is 1.